The SMILES string of the molecule is O[C@]12CCN(C1)c1ccc(Cl)nc1N2. The number of aromatic nitrogens is 1. The fourth-order valence-corrected chi connectivity index (χ4v) is 2.24. The normalized spacial score (nSPS) is 28.6. The van der Waals surface area contributed by atoms with Crippen LogP contribution < -0.4 is 10.2 Å². The molecular weight excluding hydrogens is 202 g/mol. The number of anilines is 2. The van der Waals surface area contributed by atoms with Crippen molar-refractivity contribution in [2.45, 2.75) is 12.1 Å². The summed E-state index contributed by atoms with van der Waals surface area (Å²) in [6.07, 6.45) is 0.723. The highest BCUT2D eigenvalue weighted by Crippen LogP contribution is 2.38. The number of pyridine rings is 1. The number of fused-ring (bicyclic) bond motifs is 4. The fourth-order valence-electron chi connectivity index (χ4n) is 2.10. The molecule has 2 aliphatic rings. The molecule has 0 radical (unpaired) electrons. The van der Waals surface area contributed by atoms with Gasteiger partial charge in [0, 0.05) is 13.0 Å². The Bertz CT molecular complexity index is 398. The van der Waals surface area contributed by atoms with Gasteiger partial charge in [-0.05, 0) is 12.1 Å². The van der Waals surface area contributed by atoms with Gasteiger partial charge in [-0.3, -0.25) is 0 Å². The van der Waals surface area contributed by atoms with E-state index in [9.17, 15) is 5.11 Å². The van der Waals surface area contributed by atoms with E-state index in [1.54, 1.807) is 6.07 Å². The van der Waals surface area contributed by atoms with E-state index < -0.39 is 5.72 Å². The lowest BCUT2D eigenvalue weighted by molar-refractivity contribution is 0.0916. The topological polar surface area (TPSA) is 48.4 Å². The first-order valence-corrected chi connectivity index (χ1v) is 4.96. The van der Waals surface area contributed by atoms with Gasteiger partial charge in [0.05, 0.1) is 12.2 Å². The van der Waals surface area contributed by atoms with Crippen molar-refractivity contribution in [3.63, 3.8) is 0 Å². The Hall–Kier alpha value is -1.00. The zero-order valence-corrected chi connectivity index (χ0v) is 8.25. The van der Waals surface area contributed by atoms with Gasteiger partial charge in [-0.25, -0.2) is 4.98 Å². The summed E-state index contributed by atoms with van der Waals surface area (Å²) >= 11 is 5.79. The Morgan fingerprint density at radius 3 is 3.29 bits per heavy atom. The van der Waals surface area contributed by atoms with Crippen LogP contribution in [0.2, 0.25) is 5.15 Å². The maximum Gasteiger partial charge on any atom is 0.156 e. The highest BCUT2D eigenvalue weighted by molar-refractivity contribution is 6.29. The van der Waals surface area contributed by atoms with Crippen molar-refractivity contribution in [1.29, 1.82) is 0 Å². The fraction of sp³-hybridized carbons (Fsp3) is 0.444. The van der Waals surface area contributed by atoms with E-state index in [-0.39, 0.29) is 0 Å². The molecule has 1 atom stereocenters. The maximum atomic E-state index is 10.0. The first-order valence-electron chi connectivity index (χ1n) is 4.58. The molecule has 2 bridgehead atoms. The first-order chi connectivity index (χ1) is 6.66. The van der Waals surface area contributed by atoms with E-state index in [0.29, 0.717) is 17.5 Å². The average molecular weight is 212 g/mol. The van der Waals surface area contributed by atoms with Gasteiger partial charge >= 0.3 is 0 Å². The van der Waals surface area contributed by atoms with E-state index in [2.05, 4.69) is 15.2 Å². The van der Waals surface area contributed by atoms with Gasteiger partial charge in [0.2, 0.25) is 0 Å². The van der Waals surface area contributed by atoms with Crippen LogP contribution in [0.1, 0.15) is 6.42 Å². The van der Waals surface area contributed by atoms with Gasteiger partial charge in [0.25, 0.3) is 0 Å². The molecule has 1 saturated heterocycles. The van der Waals surface area contributed by atoms with Crippen LogP contribution in [0.5, 0.6) is 0 Å². The second-order valence-electron chi connectivity index (χ2n) is 3.83. The molecule has 0 saturated carbocycles. The number of rotatable bonds is 0. The van der Waals surface area contributed by atoms with Gasteiger partial charge in [-0.1, -0.05) is 11.6 Å². The lowest BCUT2D eigenvalue weighted by atomic mass is 10.1. The van der Waals surface area contributed by atoms with Crippen LogP contribution in [-0.2, 0) is 0 Å². The van der Waals surface area contributed by atoms with E-state index in [1.807, 2.05) is 6.07 Å². The molecule has 2 N–H and O–H groups in total. The number of halogens is 1. The van der Waals surface area contributed by atoms with Gasteiger partial charge in [0.1, 0.15) is 5.15 Å². The molecule has 1 aromatic heterocycles. The zero-order chi connectivity index (χ0) is 9.76. The molecule has 2 aliphatic heterocycles. The number of nitrogens with zero attached hydrogens (tertiary/aromatic N) is 2. The summed E-state index contributed by atoms with van der Waals surface area (Å²) in [5, 5.41) is 13.5. The van der Waals surface area contributed by atoms with E-state index in [4.69, 9.17) is 11.6 Å². The summed E-state index contributed by atoms with van der Waals surface area (Å²) in [4.78, 5) is 6.27. The molecular formula is C9H10ClN3O. The number of hydrogen-bond donors (Lipinski definition) is 2. The van der Waals surface area contributed by atoms with Gasteiger partial charge in [-0.15, -0.1) is 0 Å². The number of nitrogens with one attached hydrogen (secondary N) is 1. The minimum atomic E-state index is -0.815. The Balaban J connectivity index is 2.12. The zero-order valence-electron chi connectivity index (χ0n) is 7.50. The summed E-state index contributed by atoms with van der Waals surface area (Å²) < 4.78 is 0. The Kier molecular flexibility index (Phi) is 1.50. The third kappa shape index (κ3) is 1.07. The standard InChI is InChI=1S/C9H10ClN3O/c10-7-2-1-6-8(11-7)12-9(14)3-4-13(6)5-9/h1-2,14H,3-5H2,(H,11,12)/t9-/m1/s1. The molecule has 5 heteroatoms. The second-order valence-corrected chi connectivity index (χ2v) is 4.22. The highest BCUT2D eigenvalue weighted by Gasteiger charge is 2.41. The van der Waals surface area contributed by atoms with E-state index >= 15 is 0 Å². The molecule has 0 unspecified atom stereocenters. The number of aliphatic hydroxyl groups is 1. The van der Waals surface area contributed by atoms with Crippen molar-refractivity contribution in [2.75, 3.05) is 23.3 Å². The van der Waals surface area contributed by atoms with Gasteiger partial charge < -0.3 is 15.3 Å². The smallest absolute Gasteiger partial charge is 0.156 e. The van der Waals surface area contributed by atoms with Gasteiger partial charge in [0.15, 0.2) is 11.5 Å². The predicted molar refractivity (Wildman–Crippen MR) is 54.6 cm³/mol. The molecule has 14 heavy (non-hydrogen) atoms. The minimum Gasteiger partial charge on any atom is -0.369 e. The van der Waals surface area contributed by atoms with Crippen molar-refractivity contribution >= 4 is 23.1 Å². The van der Waals surface area contributed by atoms with Crippen LogP contribution in [0.25, 0.3) is 0 Å². The summed E-state index contributed by atoms with van der Waals surface area (Å²) in [6.45, 7) is 1.49. The largest absolute Gasteiger partial charge is 0.369 e. The van der Waals surface area contributed by atoms with Crippen molar-refractivity contribution < 1.29 is 5.11 Å². The van der Waals surface area contributed by atoms with Crippen LogP contribution in [0, 0.1) is 0 Å². The lowest BCUT2D eigenvalue weighted by Gasteiger charge is -2.32. The minimum absolute atomic E-state index is 0.447. The molecule has 74 valence electrons. The molecule has 0 spiro atoms. The highest BCUT2D eigenvalue weighted by atomic mass is 35.5. The van der Waals surface area contributed by atoms with E-state index in [1.165, 1.54) is 0 Å². The van der Waals surface area contributed by atoms with Crippen molar-refractivity contribution in [2.24, 2.45) is 0 Å². The number of hydrogen-bond acceptors (Lipinski definition) is 4. The van der Waals surface area contributed by atoms with Crippen molar-refractivity contribution in [1.82, 2.24) is 4.98 Å². The maximum absolute atomic E-state index is 10.0. The molecule has 0 aromatic carbocycles. The third-order valence-corrected chi connectivity index (χ3v) is 2.99. The summed E-state index contributed by atoms with van der Waals surface area (Å²) in [6, 6.07) is 3.70. The van der Waals surface area contributed by atoms with Crippen molar-refractivity contribution in [3.05, 3.63) is 17.3 Å². The first kappa shape index (κ1) is 8.32. The quantitative estimate of drug-likeness (QED) is 0.630. The van der Waals surface area contributed by atoms with Gasteiger partial charge in [-0.2, -0.15) is 0 Å². The predicted octanol–water partition coefficient (Wildman–Crippen LogP) is 1.06. The molecule has 0 amide bonds. The van der Waals surface area contributed by atoms with Crippen LogP contribution in [0.4, 0.5) is 11.5 Å². The summed E-state index contributed by atoms with van der Waals surface area (Å²) in [5.41, 5.74) is 0.210. The molecule has 3 rings (SSSR count). The van der Waals surface area contributed by atoms with Crippen LogP contribution in [-0.4, -0.2) is 28.9 Å². The molecule has 0 aliphatic carbocycles. The average Bonchev–Trinajstić information content (AvgIpc) is 2.42. The van der Waals surface area contributed by atoms with Crippen molar-refractivity contribution in [3.8, 4) is 0 Å². The molecule has 1 aromatic rings. The van der Waals surface area contributed by atoms with Crippen LogP contribution in [0.15, 0.2) is 12.1 Å². The summed E-state index contributed by atoms with van der Waals surface area (Å²) in [5.74, 6) is 0.684. The molecule has 1 fully saturated rings. The third-order valence-electron chi connectivity index (χ3n) is 2.78. The van der Waals surface area contributed by atoms with Crippen LogP contribution in [0.3, 0.4) is 0 Å². The molecule has 4 nitrogen and oxygen atoms in total. The Morgan fingerprint density at radius 2 is 2.43 bits per heavy atom. The Labute approximate surface area is 86.5 Å². The molecule has 3 heterocycles. The second kappa shape index (κ2) is 2.52. The lowest BCUT2D eigenvalue weighted by Crippen LogP contribution is -2.44. The monoisotopic (exact) mass is 211 g/mol. The van der Waals surface area contributed by atoms with Crippen LogP contribution >= 0.6 is 11.6 Å². The van der Waals surface area contributed by atoms with E-state index in [0.717, 1.165) is 18.7 Å². The Morgan fingerprint density at radius 1 is 1.57 bits per heavy atom. The summed E-state index contributed by atoms with van der Waals surface area (Å²) in [7, 11) is 0.